The highest BCUT2D eigenvalue weighted by Crippen LogP contribution is 2.68. The van der Waals surface area contributed by atoms with Crippen LogP contribution in [0.4, 0.5) is 4.79 Å². The van der Waals surface area contributed by atoms with Crippen molar-refractivity contribution < 1.29 is 29.3 Å². The molecule has 0 aromatic heterocycles. The maximum atomic E-state index is 11.8. The Morgan fingerprint density at radius 3 is 2.41 bits per heavy atom. The maximum absolute atomic E-state index is 11.8. The summed E-state index contributed by atoms with van der Waals surface area (Å²) in [5.41, 5.74) is -0.663. The van der Waals surface area contributed by atoms with Crippen molar-refractivity contribution in [1.29, 1.82) is 0 Å². The van der Waals surface area contributed by atoms with Crippen LogP contribution in [0.25, 0.3) is 0 Å². The van der Waals surface area contributed by atoms with Gasteiger partial charge in [0, 0.05) is 25.6 Å². The van der Waals surface area contributed by atoms with Gasteiger partial charge in [0.05, 0.1) is 19.3 Å². The molecule has 0 radical (unpaired) electrons. The van der Waals surface area contributed by atoms with Crippen LogP contribution in [-0.2, 0) is 14.3 Å². The Kier molecular flexibility index (Phi) is 11.2. The molecule has 0 heterocycles. The van der Waals surface area contributed by atoms with Crippen molar-refractivity contribution in [3.63, 3.8) is 0 Å². The molecule has 10 heteroatoms. The molecule has 1 amide bonds. The highest BCUT2D eigenvalue weighted by atomic mass is 32.1. The second-order valence-corrected chi connectivity index (χ2v) is 16.3. The molecule has 0 unspecified atom stereocenters. The fraction of sp³-hybridized carbons (Fsp3) is 0.912. The number of aliphatic hydroxyl groups is 2. The van der Waals surface area contributed by atoms with Crippen molar-refractivity contribution in [3.05, 3.63) is 0 Å². The zero-order valence-electron chi connectivity index (χ0n) is 28.1. The number of rotatable bonds is 9. The molecule has 5 N–H and O–H groups in total. The Morgan fingerprint density at radius 1 is 1.02 bits per heavy atom. The normalized spacial score (nSPS) is 38.8. The number of carbonyl (C=O) groups is 2. The predicted molar refractivity (Wildman–Crippen MR) is 175 cm³/mol. The van der Waals surface area contributed by atoms with E-state index in [1.54, 1.807) is 0 Å². The lowest BCUT2D eigenvalue weighted by atomic mass is 9.43. The number of amides is 1. The Hall–Kier alpha value is -1.65. The third-order valence-electron chi connectivity index (χ3n) is 12.2. The van der Waals surface area contributed by atoms with E-state index < -0.39 is 17.8 Å². The number of aliphatic hydroxyl groups excluding tert-OH is 2. The summed E-state index contributed by atoms with van der Waals surface area (Å²) in [6.45, 7) is 13.6. The average molecular weight is 638 g/mol. The molecule has 11 atom stereocenters. The molecule has 4 saturated carbocycles. The van der Waals surface area contributed by atoms with Gasteiger partial charge >= 0.3 is 12.1 Å². The zero-order chi connectivity index (χ0) is 32.4. The summed E-state index contributed by atoms with van der Waals surface area (Å²) in [5, 5.41) is 33.8. The van der Waals surface area contributed by atoms with Crippen LogP contribution < -0.4 is 16.0 Å². The van der Waals surface area contributed by atoms with Gasteiger partial charge in [-0.3, -0.25) is 4.79 Å². The van der Waals surface area contributed by atoms with Crippen LogP contribution >= 0.6 is 12.2 Å². The molecule has 4 aliphatic rings. The number of carbonyl (C=O) groups excluding carboxylic acids is 2. The lowest BCUT2D eigenvalue weighted by Gasteiger charge is -2.63. The van der Waals surface area contributed by atoms with Crippen LogP contribution in [0.3, 0.4) is 0 Å². The monoisotopic (exact) mass is 637 g/mol. The molecule has 0 aliphatic heterocycles. The SMILES string of the molecule is COC(=O)CC[C@@H](C)[C@H]1CC[C@H]2[C@@H]3[C@H](O)C[C@@H]4C[C@H](NC(=S)NCCCNC(=O)OC(C)(C)C)CC[C@]4(C)[C@H]3C[C@H](O)[C@]12C. The highest BCUT2D eigenvalue weighted by molar-refractivity contribution is 7.80. The fourth-order valence-electron chi connectivity index (χ4n) is 9.97. The molecule has 0 bridgehead atoms. The van der Waals surface area contributed by atoms with Gasteiger partial charge < -0.3 is 35.6 Å². The summed E-state index contributed by atoms with van der Waals surface area (Å²) in [5.74, 6) is 1.68. The third-order valence-corrected chi connectivity index (χ3v) is 12.5. The summed E-state index contributed by atoms with van der Waals surface area (Å²) in [7, 11) is 1.44. The lowest BCUT2D eigenvalue weighted by Crippen LogP contribution is -2.63. The maximum Gasteiger partial charge on any atom is 0.407 e. The molecule has 44 heavy (non-hydrogen) atoms. The van der Waals surface area contributed by atoms with Gasteiger partial charge in [-0.1, -0.05) is 20.8 Å². The predicted octanol–water partition coefficient (Wildman–Crippen LogP) is 4.92. The van der Waals surface area contributed by atoms with Gasteiger partial charge in [-0.15, -0.1) is 0 Å². The molecule has 0 aromatic carbocycles. The molecule has 4 fully saturated rings. The Morgan fingerprint density at radius 2 is 1.73 bits per heavy atom. The summed E-state index contributed by atoms with van der Waals surface area (Å²) >= 11 is 5.61. The van der Waals surface area contributed by atoms with Crippen LogP contribution in [-0.4, -0.2) is 71.4 Å². The first-order valence-electron chi connectivity index (χ1n) is 17.0. The van der Waals surface area contributed by atoms with E-state index in [1.165, 1.54) is 7.11 Å². The van der Waals surface area contributed by atoms with E-state index in [0.717, 1.165) is 57.8 Å². The number of hydrogen-bond donors (Lipinski definition) is 5. The molecule has 252 valence electrons. The van der Waals surface area contributed by atoms with Gasteiger partial charge in [-0.05, 0) is 137 Å². The first kappa shape index (κ1) is 35.2. The summed E-state index contributed by atoms with van der Waals surface area (Å²) in [4.78, 5) is 23.6. The van der Waals surface area contributed by atoms with E-state index in [4.69, 9.17) is 21.7 Å². The number of ether oxygens (including phenoxy) is 2. The van der Waals surface area contributed by atoms with Gasteiger partial charge in [0.2, 0.25) is 0 Å². The average Bonchev–Trinajstić information content (AvgIpc) is 3.30. The van der Waals surface area contributed by atoms with E-state index in [9.17, 15) is 19.8 Å². The lowest BCUT2D eigenvalue weighted by molar-refractivity contribution is -0.202. The third kappa shape index (κ3) is 7.49. The van der Waals surface area contributed by atoms with Gasteiger partial charge in [0.1, 0.15) is 5.60 Å². The van der Waals surface area contributed by atoms with Crippen molar-refractivity contribution in [3.8, 4) is 0 Å². The first-order chi connectivity index (χ1) is 20.6. The standard InChI is InChI=1S/C34H59N3O6S/c1-20(9-12-28(40)42-7)23-10-11-24-29-25(19-27(39)34(23,24)6)33(5)14-13-22(17-21(33)18-26(29)38)37-30(44)35-15-8-16-36-31(41)43-32(2,3)4/h20-27,29,38-39H,8-19H2,1-7H3,(H,36,41)(H2,35,37,44)/t20-,21+,22-,23-,24+,25+,26-,27+,29+,33+,34-/m1/s1. The number of hydrogen-bond acceptors (Lipinski definition) is 7. The number of thiocarbonyl (C=S) groups is 1. The van der Waals surface area contributed by atoms with Gasteiger partial charge in [0.15, 0.2) is 5.11 Å². The van der Waals surface area contributed by atoms with Gasteiger partial charge in [0.25, 0.3) is 0 Å². The molecule has 4 rings (SSSR count). The Labute approximate surface area is 270 Å². The number of esters is 1. The fourth-order valence-corrected chi connectivity index (χ4v) is 10.2. The van der Waals surface area contributed by atoms with E-state index in [2.05, 4.69) is 36.7 Å². The van der Waals surface area contributed by atoms with E-state index in [1.807, 2.05) is 20.8 Å². The molecular formula is C34H59N3O6S. The smallest absolute Gasteiger partial charge is 0.407 e. The van der Waals surface area contributed by atoms with Crippen LogP contribution in [0.1, 0.15) is 106 Å². The summed E-state index contributed by atoms with van der Waals surface area (Å²) in [6, 6.07) is 0.252. The quantitative estimate of drug-likeness (QED) is 0.136. The molecule has 0 spiro atoms. The first-order valence-corrected chi connectivity index (χ1v) is 17.4. The Balaban J connectivity index is 1.30. The van der Waals surface area contributed by atoms with Crippen molar-refractivity contribution in [2.24, 2.45) is 46.3 Å². The number of methoxy groups -OCH3 is 1. The largest absolute Gasteiger partial charge is 0.469 e. The van der Waals surface area contributed by atoms with E-state index in [0.29, 0.717) is 54.2 Å². The molecular weight excluding hydrogens is 578 g/mol. The van der Waals surface area contributed by atoms with Crippen LogP contribution in [0.5, 0.6) is 0 Å². The molecule has 4 aliphatic carbocycles. The second-order valence-electron chi connectivity index (χ2n) is 15.8. The minimum atomic E-state index is -0.511. The van der Waals surface area contributed by atoms with Crippen LogP contribution in [0, 0.1) is 46.3 Å². The molecule has 0 saturated heterocycles. The van der Waals surface area contributed by atoms with Crippen molar-refractivity contribution in [1.82, 2.24) is 16.0 Å². The Bertz CT molecular complexity index is 1040. The molecule has 9 nitrogen and oxygen atoms in total. The zero-order valence-corrected chi connectivity index (χ0v) is 28.9. The van der Waals surface area contributed by atoms with Crippen molar-refractivity contribution >= 4 is 29.4 Å². The van der Waals surface area contributed by atoms with E-state index in [-0.39, 0.29) is 34.9 Å². The van der Waals surface area contributed by atoms with Crippen molar-refractivity contribution in [2.75, 3.05) is 20.2 Å². The van der Waals surface area contributed by atoms with Gasteiger partial charge in [-0.2, -0.15) is 0 Å². The number of nitrogens with one attached hydrogen (secondary N) is 3. The van der Waals surface area contributed by atoms with Crippen molar-refractivity contribution in [2.45, 2.75) is 130 Å². The minimum Gasteiger partial charge on any atom is -0.469 e. The van der Waals surface area contributed by atoms with Crippen LogP contribution in [0.2, 0.25) is 0 Å². The number of alkyl carbamates (subject to hydrolysis) is 1. The number of fused-ring (bicyclic) bond motifs is 5. The highest BCUT2D eigenvalue weighted by Gasteiger charge is 2.65. The second kappa shape index (κ2) is 14.0. The molecule has 0 aromatic rings. The van der Waals surface area contributed by atoms with E-state index >= 15 is 0 Å². The van der Waals surface area contributed by atoms with Gasteiger partial charge in [-0.25, -0.2) is 4.79 Å². The summed E-state index contributed by atoms with van der Waals surface area (Å²) in [6.07, 6.45) is 7.42. The minimum absolute atomic E-state index is 0.0847. The topological polar surface area (TPSA) is 129 Å². The summed E-state index contributed by atoms with van der Waals surface area (Å²) < 4.78 is 10.2. The van der Waals surface area contributed by atoms with Crippen LogP contribution in [0.15, 0.2) is 0 Å².